The minimum Gasteiger partial charge on any atom is -0.480 e. The summed E-state index contributed by atoms with van der Waals surface area (Å²) in [6.07, 6.45) is 0.691. The molecule has 0 saturated carbocycles. The number of carboxylic acids is 1. The smallest absolute Gasteiger partial charge is 0.326 e. The van der Waals surface area contributed by atoms with Crippen LogP contribution in [0.4, 0.5) is 4.79 Å². The molecule has 0 spiro atoms. The number of carbonyl (C=O) groups excluding carboxylic acids is 1. The summed E-state index contributed by atoms with van der Waals surface area (Å²) in [5.41, 5.74) is 0. The summed E-state index contributed by atoms with van der Waals surface area (Å²) >= 11 is 1.61. The summed E-state index contributed by atoms with van der Waals surface area (Å²) in [6.45, 7) is 7.59. The van der Waals surface area contributed by atoms with E-state index in [1.165, 1.54) is 4.88 Å². The molecule has 1 aromatic heterocycles. The van der Waals surface area contributed by atoms with Gasteiger partial charge in [-0.2, -0.15) is 0 Å². The number of rotatable bonds is 6. The molecule has 0 aliphatic carbocycles. The molecule has 5 nitrogen and oxygen atoms in total. The van der Waals surface area contributed by atoms with Crippen molar-refractivity contribution in [2.24, 2.45) is 5.92 Å². The van der Waals surface area contributed by atoms with Crippen LogP contribution in [0.5, 0.6) is 0 Å². The van der Waals surface area contributed by atoms with E-state index in [1.54, 1.807) is 11.3 Å². The van der Waals surface area contributed by atoms with Gasteiger partial charge >= 0.3 is 12.0 Å². The van der Waals surface area contributed by atoms with Crippen LogP contribution in [0.15, 0.2) is 12.1 Å². The lowest BCUT2D eigenvalue weighted by molar-refractivity contribution is -0.140. The first-order valence-corrected chi connectivity index (χ1v) is 7.53. The highest BCUT2D eigenvalue weighted by Crippen LogP contribution is 2.22. The Morgan fingerprint density at radius 3 is 2.40 bits per heavy atom. The third kappa shape index (κ3) is 4.52. The van der Waals surface area contributed by atoms with E-state index in [4.69, 9.17) is 5.11 Å². The predicted octanol–water partition coefficient (Wildman–Crippen LogP) is 2.92. The molecular weight excluding hydrogens is 276 g/mol. The molecule has 0 aliphatic heterocycles. The van der Waals surface area contributed by atoms with Gasteiger partial charge < -0.3 is 15.7 Å². The average molecular weight is 298 g/mol. The van der Waals surface area contributed by atoms with Crippen molar-refractivity contribution >= 4 is 23.3 Å². The van der Waals surface area contributed by atoms with Crippen molar-refractivity contribution in [1.82, 2.24) is 10.6 Å². The van der Waals surface area contributed by atoms with Gasteiger partial charge in [-0.05, 0) is 31.9 Å². The lowest BCUT2D eigenvalue weighted by Crippen LogP contribution is -2.49. The fourth-order valence-electron chi connectivity index (χ4n) is 1.82. The zero-order valence-electron chi connectivity index (χ0n) is 12.3. The third-order valence-corrected chi connectivity index (χ3v) is 4.48. The fraction of sp³-hybridized carbons (Fsp3) is 0.571. The number of urea groups is 1. The van der Waals surface area contributed by atoms with E-state index in [1.807, 2.05) is 39.8 Å². The molecule has 0 fully saturated rings. The number of nitrogens with one attached hydrogen (secondary N) is 2. The standard InChI is InChI=1S/C14H22N2O3S/c1-5-8(2)12(13(17)18)16-14(19)15-10(4)11-7-6-9(3)20-11/h6-8,10,12H,5H2,1-4H3,(H,17,18)(H2,15,16,19)/t8?,10?,12-/m0/s1. The van der Waals surface area contributed by atoms with Crippen LogP contribution in [0.3, 0.4) is 0 Å². The van der Waals surface area contributed by atoms with Gasteiger partial charge in [-0.1, -0.05) is 20.3 Å². The Morgan fingerprint density at radius 2 is 1.95 bits per heavy atom. The second kappa shape index (κ2) is 7.28. The molecule has 112 valence electrons. The fourth-order valence-corrected chi connectivity index (χ4v) is 2.70. The molecule has 3 atom stereocenters. The number of aryl methyl sites for hydroxylation is 1. The monoisotopic (exact) mass is 298 g/mol. The Kier molecular flexibility index (Phi) is 6.01. The van der Waals surface area contributed by atoms with Gasteiger partial charge in [0.25, 0.3) is 0 Å². The molecule has 6 heteroatoms. The van der Waals surface area contributed by atoms with E-state index in [-0.39, 0.29) is 12.0 Å². The van der Waals surface area contributed by atoms with Crippen LogP contribution in [-0.4, -0.2) is 23.1 Å². The number of hydrogen-bond acceptors (Lipinski definition) is 3. The number of hydrogen-bond donors (Lipinski definition) is 3. The average Bonchev–Trinajstić information content (AvgIpc) is 2.81. The highest BCUT2D eigenvalue weighted by Gasteiger charge is 2.25. The van der Waals surface area contributed by atoms with Gasteiger partial charge in [-0.25, -0.2) is 9.59 Å². The maximum absolute atomic E-state index is 11.9. The summed E-state index contributed by atoms with van der Waals surface area (Å²) in [6, 6.07) is 2.51. The van der Waals surface area contributed by atoms with Crippen molar-refractivity contribution in [3.63, 3.8) is 0 Å². The zero-order chi connectivity index (χ0) is 15.3. The van der Waals surface area contributed by atoms with Gasteiger partial charge in [0.15, 0.2) is 0 Å². The highest BCUT2D eigenvalue weighted by molar-refractivity contribution is 7.12. The summed E-state index contributed by atoms with van der Waals surface area (Å²) in [4.78, 5) is 25.3. The quantitative estimate of drug-likeness (QED) is 0.755. The highest BCUT2D eigenvalue weighted by atomic mass is 32.1. The Bertz CT molecular complexity index is 473. The second-order valence-corrected chi connectivity index (χ2v) is 6.31. The van der Waals surface area contributed by atoms with E-state index in [0.717, 1.165) is 4.88 Å². The SMILES string of the molecule is CCC(C)[C@H](NC(=O)NC(C)c1ccc(C)s1)C(=O)O. The van der Waals surface area contributed by atoms with E-state index in [0.29, 0.717) is 6.42 Å². The van der Waals surface area contributed by atoms with Crippen molar-refractivity contribution in [1.29, 1.82) is 0 Å². The van der Waals surface area contributed by atoms with Gasteiger partial charge in [-0.15, -0.1) is 11.3 Å². The number of aliphatic carboxylic acids is 1. The van der Waals surface area contributed by atoms with Gasteiger partial charge in [0, 0.05) is 9.75 Å². The molecule has 0 saturated heterocycles. The van der Waals surface area contributed by atoms with E-state index >= 15 is 0 Å². The summed E-state index contributed by atoms with van der Waals surface area (Å²) < 4.78 is 0. The molecule has 1 rings (SSSR count). The molecule has 1 heterocycles. The van der Waals surface area contributed by atoms with Crippen LogP contribution < -0.4 is 10.6 Å². The van der Waals surface area contributed by atoms with Crippen molar-refractivity contribution in [3.8, 4) is 0 Å². The zero-order valence-corrected chi connectivity index (χ0v) is 13.1. The summed E-state index contributed by atoms with van der Waals surface area (Å²) in [5, 5.41) is 14.4. The maximum Gasteiger partial charge on any atom is 0.326 e. The van der Waals surface area contributed by atoms with Crippen molar-refractivity contribution < 1.29 is 14.7 Å². The number of thiophene rings is 1. The molecule has 0 bridgehead atoms. The van der Waals surface area contributed by atoms with Gasteiger partial charge in [0.1, 0.15) is 6.04 Å². The lowest BCUT2D eigenvalue weighted by Gasteiger charge is -2.21. The molecule has 0 radical (unpaired) electrons. The second-order valence-electron chi connectivity index (χ2n) is 4.99. The molecule has 3 N–H and O–H groups in total. The molecule has 20 heavy (non-hydrogen) atoms. The van der Waals surface area contributed by atoms with E-state index < -0.39 is 18.0 Å². The Labute approximate surface area is 123 Å². The van der Waals surface area contributed by atoms with Crippen LogP contribution in [-0.2, 0) is 4.79 Å². The van der Waals surface area contributed by atoms with Gasteiger partial charge in [0.05, 0.1) is 6.04 Å². The number of amides is 2. The van der Waals surface area contributed by atoms with Crippen LogP contribution >= 0.6 is 11.3 Å². The predicted molar refractivity (Wildman–Crippen MR) is 80.0 cm³/mol. The van der Waals surface area contributed by atoms with Gasteiger partial charge in [-0.3, -0.25) is 0 Å². The minimum atomic E-state index is -1.01. The summed E-state index contributed by atoms with van der Waals surface area (Å²) in [7, 11) is 0. The van der Waals surface area contributed by atoms with E-state index in [2.05, 4.69) is 10.6 Å². The lowest BCUT2D eigenvalue weighted by atomic mass is 9.99. The third-order valence-electron chi connectivity index (χ3n) is 3.30. The largest absolute Gasteiger partial charge is 0.480 e. The number of carboxylic acid groups (broad SMARTS) is 1. The summed E-state index contributed by atoms with van der Waals surface area (Å²) in [5.74, 6) is -1.12. The van der Waals surface area contributed by atoms with Crippen LogP contribution in [0.25, 0.3) is 0 Å². The molecule has 0 aliphatic rings. The first-order chi connectivity index (χ1) is 9.35. The number of carbonyl (C=O) groups is 2. The Hall–Kier alpha value is -1.56. The minimum absolute atomic E-state index is 0.113. The molecule has 1 aromatic rings. The van der Waals surface area contributed by atoms with Crippen LogP contribution in [0, 0.1) is 12.8 Å². The molecular formula is C14H22N2O3S. The Morgan fingerprint density at radius 1 is 1.30 bits per heavy atom. The molecule has 2 amide bonds. The van der Waals surface area contributed by atoms with Crippen molar-refractivity contribution in [2.45, 2.75) is 46.2 Å². The molecule has 0 aromatic carbocycles. The topological polar surface area (TPSA) is 78.4 Å². The normalized spacial score (nSPS) is 15.2. The van der Waals surface area contributed by atoms with Crippen molar-refractivity contribution in [2.75, 3.05) is 0 Å². The first-order valence-electron chi connectivity index (χ1n) is 6.71. The van der Waals surface area contributed by atoms with Gasteiger partial charge in [0.2, 0.25) is 0 Å². The van der Waals surface area contributed by atoms with Crippen LogP contribution in [0.2, 0.25) is 0 Å². The first kappa shape index (κ1) is 16.5. The maximum atomic E-state index is 11.9. The Balaban J connectivity index is 2.59. The van der Waals surface area contributed by atoms with Crippen LogP contribution in [0.1, 0.15) is 43.0 Å². The van der Waals surface area contributed by atoms with E-state index in [9.17, 15) is 9.59 Å². The van der Waals surface area contributed by atoms with Crippen molar-refractivity contribution in [3.05, 3.63) is 21.9 Å². The molecule has 2 unspecified atom stereocenters.